The number of anilines is 1. The van der Waals surface area contributed by atoms with Gasteiger partial charge in [-0.15, -0.1) is 0 Å². The van der Waals surface area contributed by atoms with E-state index >= 15 is 0 Å². The van der Waals surface area contributed by atoms with E-state index in [1.165, 1.54) is 17.3 Å². The van der Waals surface area contributed by atoms with Crippen LogP contribution < -0.4 is 5.32 Å². The number of hydrogen-bond donors (Lipinski definition) is 1. The number of carbonyl (C=O) groups is 2. The summed E-state index contributed by atoms with van der Waals surface area (Å²) in [5.74, 6) is -0.546. The molecule has 2 heterocycles. The van der Waals surface area contributed by atoms with Gasteiger partial charge in [0.05, 0.1) is 11.8 Å². The molecule has 8 heteroatoms. The van der Waals surface area contributed by atoms with Gasteiger partial charge in [0, 0.05) is 23.6 Å². The molecule has 0 aromatic heterocycles. The van der Waals surface area contributed by atoms with Gasteiger partial charge >= 0.3 is 0 Å². The van der Waals surface area contributed by atoms with Gasteiger partial charge in [0.2, 0.25) is 5.91 Å². The summed E-state index contributed by atoms with van der Waals surface area (Å²) >= 11 is 7.58. The Morgan fingerprint density at radius 2 is 1.75 bits per heavy atom. The van der Waals surface area contributed by atoms with Gasteiger partial charge in [0.1, 0.15) is 5.25 Å². The molecule has 0 radical (unpaired) electrons. The van der Waals surface area contributed by atoms with Crippen molar-refractivity contribution in [1.82, 2.24) is 5.01 Å². The molecule has 0 spiro atoms. The third-order valence-corrected chi connectivity index (χ3v) is 7.54. The van der Waals surface area contributed by atoms with Gasteiger partial charge in [-0.3, -0.25) is 9.59 Å². The Kier molecular flexibility index (Phi) is 6.94. The zero-order valence-corrected chi connectivity index (χ0v) is 21.5. The number of nitrogens with one attached hydrogen (secondary N) is 1. The Balaban J connectivity index is 1.35. The van der Waals surface area contributed by atoms with E-state index in [4.69, 9.17) is 16.7 Å². The smallest absolute Gasteiger partial charge is 0.262 e. The molecule has 1 N–H and O–H groups in total. The van der Waals surface area contributed by atoms with Crippen molar-refractivity contribution in [3.05, 3.63) is 100 Å². The fraction of sp³-hybridized carbons (Fsp3) is 0.214. The highest BCUT2D eigenvalue weighted by Crippen LogP contribution is 2.39. The summed E-state index contributed by atoms with van der Waals surface area (Å²) < 4.78 is 0. The normalized spacial score (nSPS) is 19.3. The van der Waals surface area contributed by atoms with E-state index in [0.717, 1.165) is 22.4 Å². The second kappa shape index (κ2) is 10.3. The summed E-state index contributed by atoms with van der Waals surface area (Å²) in [6.07, 6.45) is 0.685. The Hall–Kier alpha value is -3.42. The molecule has 2 aliphatic heterocycles. The molecule has 2 aliphatic rings. The van der Waals surface area contributed by atoms with Gasteiger partial charge in [-0.05, 0) is 49.2 Å². The number of aliphatic imine (C=N–C) groups is 1. The summed E-state index contributed by atoms with van der Waals surface area (Å²) in [6, 6.07) is 23.3. The second-order valence-electron chi connectivity index (χ2n) is 8.99. The quantitative estimate of drug-likeness (QED) is 0.442. The van der Waals surface area contributed by atoms with Gasteiger partial charge in [-0.1, -0.05) is 83.0 Å². The summed E-state index contributed by atoms with van der Waals surface area (Å²) in [5.41, 5.74) is 5.92. The monoisotopic (exact) mass is 516 g/mol. The Bertz CT molecular complexity index is 1370. The van der Waals surface area contributed by atoms with E-state index in [1.807, 2.05) is 62.4 Å². The number of hydrogen-bond acceptors (Lipinski definition) is 5. The van der Waals surface area contributed by atoms with Gasteiger partial charge in [0.25, 0.3) is 5.91 Å². The minimum atomic E-state index is -0.593. The second-order valence-corrected chi connectivity index (χ2v) is 10.6. The van der Waals surface area contributed by atoms with E-state index in [-0.39, 0.29) is 24.3 Å². The molecular formula is C28H25ClN4O2S. The largest absolute Gasteiger partial charge is 0.326 e. The van der Waals surface area contributed by atoms with Crippen molar-refractivity contribution < 1.29 is 9.59 Å². The predicted octanol–water partition coefficient (Wildman–Crippen LogP) is 6.13. The van der Waals surface area contributed by atoms with E-state index in [9.17, 15) is 9.59 Å². The highest BCUT2D eigenvalue weighted by Gasteiger charge is 2.39. The van der Waals surface area contributed by atoms with E-state index in [2.05, 4.69) is 34.6 Å². The first-order valence-electron chi connectivity index (χ1n) is 11.7. The van der Waals surface area contributed by atoms with Crippen LogP contribution in [0.4, 0.5) is 5.69 Å². The number of halogens is 1. The lowest BCUT2D eigenvalue weighted by molar-refractivity contribution is -0.121. The molecule has 36 heavy (non-hydrogen) atoms. The van der Waals surface area contributed by atoms with Crippen LogP contribution in [0.1, 0.15) is 41.1 Å². The first-order valence-corrected chi connectivity index (χ1v) is 13.0. The van der Waals surface area contributed by atoms with Crippen molar-refractivity contribution in [2.24, 2.45) is 10.1 Å². The minimum absolute atomic E-state index is 0.0363. The van der Waals surface area contributed by atoms with Crippen LogP contribution in [-0.2, 0) is 9.59 Å². The highest BCUT2D eigenvalue weighted by atomic mass is 35.5. The Morgan fingerprint density at radius 3 is 2.44 bits per heavy atom. The Morgan fingerprint density at radius 1 is 1.06 bits per heavy atom. The molecular weight excluding hydrogens is 492 g/mol. The maximum Gasteiger partial charge on any atom is 0.262 e. The van der Waals surface area contributed by atoms with Gasteiger partial charge in [-0.2, -0.15) is 10.1 Å². The predicted molar refractivity (Wildman–Crippen MR) is 147 cm³/mol. The lowest BCUT2D eigenvalue weighted by Gasteiger charge is -2.23. The third kappa shape index (κ3) is 5.37. The number of amides is 2. The van der Waals surface area contributed by atoms with Crippen molar-refractivity contribution in [1.29, 1.82) is 0 Å². The molecule has 0 bridgehead atoms. The first kappa shape index (κ1) is 24.3. The third-order valence-electron chi connectivity index (χ3n) is 6.16. The van der Waals surface area contributed by atoms with E-state index < -0.39 is 5.25 Å². The number of carbonyl (C=O) groups excluding carboxylic acids is 2. The molecule has 0 fully saturated rings. The minimum Gasteiger partial charge on any atom is -0.326 e. The summed E-state index contributed by atoms with van der Waals surface area (Å²) in [6.45, 7) is 4.03. The molecule has 6 nitrogen and oxygen atoms in total. The van der Waals surface area contributed by atoms with Crippen molar-refractivity contribution >= 4 is 51.7 Å². The number of amidine groups is 1. The maximum atomic E-state index is 12.8. The molecule has 2 atom stereocenters. The van der Waals surface area contributed by atoms with Crippen LogP contribution >= 0.6 is 23.4 Å². The van der Waals surface area contributed by atoms with Crippen LogP contribution in [0.3, 0.4) is 0 Å². The van der Waals surface area contributed by atoms with E-state index in [0.29, 0.717) is 22.3 Å². The fourth-order valence-corrected chi connectivity index (χ4v) is 5.46. The Labute approximate surface area is 219 Å². The van der Waals surface area contributed by atoms with Crippen LogP contribution in [0.25, 0.3) is 0 Å². The SMILES string of the molecule is Cc1ccc(NC(=O)CC2SC(N3N=C(c4ccc(C)cc4)CC3c3cccc(Cl)c3)=NC2=O)cc1. The van der Waals surface area contributed by atoms with Crippen LogP contribution in [-0.4, -0.2) is 33.0 Å². The average Bonchev–Trinajstić information content (AvgIpc) is 3.45. The molecule has 2 unspecified atom stereocenters. The number of hydrazone groups is 1. The lowest BCUT2D eigenvalue weighted by Crippen LogP contribution is -2.25. The first-order chi connectivity index (χ1) is 17.4. The average molecular weight is 517 g/mol. The molecule has 0 saturated heterocycles. The highest BCUT2D eigenvalue weighted by molar-refractivity contribution is 8.15. The number of aryl methyl sites for hydroxylation is 2. The van der Waals surface area contributed by atoms with Gasteiger partial charge in [0.15, 0.2) is 5.17 Å². The summed E-state index contributed by atoms with van der Waals surface area (Å²) in [7, 11) is 0. The number of rotatable bonds is 5. The van der Waals surface area contributed by atoms with Gasteiger partial charge in [-0.25, -0.2) is 5.01 Å². The van der Waals surface area contributed by atoms with E-state index in [1.54, 1.807) is 5.01 Å². The van der Waals surface area contributed by atoms with Crippen molar-refractivity contribution in [3.63, 3.8) is 0 Å². The zero-order chi connectivity index (χ0) is 25.2. The van der Waals surface area contributed by atoms with Crippen LogP contribution in [0.5, 0.6) is 0 Å². The fourth-order valence-electron chi connectivity index (χ4n) is 4.20. The molecule has 5 rings (SSSR count). The standard InChI is InChI=1S/C28H25ClN4O2S/c1-17-6-10-19(11-7-17)23-15-24(20-4-3-5-21(29)14-20)33(32-23)28-31-27(35)25(36-28)16-26(34)30-22-12-8-18(2)9-13-22/h3-14,24-25H,15-16H2,1-2H3,(H,30,34). The molecule has 0 saturated carbocycles. The molecule has 3 aromatic carbocycles. The van der Waals surface area contributed by atoms with Crippen molar-refractivity contribution in [2.45, 2.75) is 38.0 Å². The van der Waals surface area contributed by atoms with Crippen LogP contribution in [0.2, 0.25) is 5.02 Å². The summed E-state index contributed by atoms with van der Waals surface area (Å²) in [4.78, 5) is 29.7. The van der Waals surface area contributed by atoms with Crippen LogP contribution in [0.15, 0.2) is 82.9 Å². The number of nitrogens with zero attached hydrogens (tertiary/aromatic N) is 3. The molecule has 2 amide bonds. The van der Waals surface area contributed by atoms with Gasteiger partial charge < -0.3 is 5.32 Å². The summed E-state index contributed by atoms with van der Waals surface area (Å²) in [5, 5.41) is 10.1. The van der Waals surface area contributed by atoms with Crippen molar-refractivity contribution in [3.8, 4) is 0 Å². The number of thioether (sulfide) groups is 1. The topological polar surface area (TPSA) is 74.1 Å². The van der Waals surface area contributed by atoms with Crippen molar-refractivity contribution in [2.75, 3.05) is 5.32 Å². The lowest BCUT2D eigenvalue weighted by atomic mass is 9.98. The molecule has 3 aromatic rings. The molecule has 182 valence electrons. The number of benzene rings is 3. The zero-order valence-electron chi connectivity index (χ0n) is 19.9. The van der Waals surface area contributed by atoms with Crippen LogP contribution in [0, 0.1) is 13.8 Å². The molecule has 0 aliphatic carbocycles. The maximum absolute atomic E-state index is 12.8.